The van der Waals surface area contributed by atoms with Crippen LogP contribution in [0.4, 0.5) is 18.9 Å². The summed E-state index contributed by atoms with van der Waals surface area (Å²) < 4.78 is 44.2. The largest absolute Gasteiger partial charge is 0.416 e. The number of benzene rings is 1. The Labute approximate surface area is 117 Å². The van der Waals surface area contributed by atoms with E-state index in [0.29, 0.717) is 24.3 Å². The average Bonchev–Trinajstić information content (AvgIpc) is 2.25. The highest BCUT2D eigenvalue weighted by molar-refractivity contribution is 5.55. The predicted molar refractivity (Wildman–Crippen MR) is 73.2 cm³/mol. The number of rotatable bonds is 2. The number of halogens is 3. The third-order valence-corrected chi connectivity index (χ3v) is 3.66. The third-order valence-electron chi connectivity index (χ3n) is 3.66. The lowest BCUT2D eigenvalue weighted by Gasteiger charge is -2.40. The maximum absolute atomic E-state index is 13.0. The van der Waals surface area contributed by atoms with Gasteiger partial charge in [-0.1, -0.05) is 20.8 Å². The van der Waals surface area contributed by atoms with Crippen molar-refractivity contribution < 1.29 is 17.9 Å². The highest BCUT2D eigenvalue weighted by Gasteiger charge is 2.34. The van der Waals surface area contributed by atoms with Gasteiger partial charge in [-0.05, 0) is 29.2 Å². The summed E-state index contributed by atoms with van der Waals surface area (Å²) in [5.41, 5.74) is 0.420. The van der Waals surface area contributed by atoms with Crippen molar-refractivity contribution in [1.82, 2.24) is 0 Å². The van der Waals surface area contributed by atoms with Gasteiger partial charge in [-0.2, -0.15) is 13.2 Å². The molecule has 0 radical (unpaired) electrons. The van der Waals surface area contributed by atoms with E-state index in [1.807, 2.05) is 31.7 Å². The fourth-order valence-electron chi connectivity index (χ4n) is 2.19. The van der Waals surface area contributed by atoms with Crippen LogP contribution in [0.25, 0.3) is 0 Å². The topological polar surface area (TPSA) is 12.5 Å². The Kier molecular flexibility index (Phi) is 3.75. The van der Waals surface area contributed by atoms with Gasteiger partial charge in [0.1, 0.15) is 0 Å². The van der Waals surface area contributed by atoms with E-state index in [4.69, 9.17) is 4.74 Å². The minimum atomic E-state index is -4.32. The van der Waals surface area contributed by atoms with Gasteiger partial charge in [0.25, 0.3) is 0 Å². The average molecular weight is 287 g/mol. The first-order valence-electron chi connectivity index (χ1n) is 6.62. The van der Waals surface area contributed by atoms with Crippen molar-refractivity contribution in [3.63, 3.8) is 0 Å². The van der Waals surface area contributed by atoms with Crippen LogP contribution in [0.1, 0.15) is 31.9 Å². The van der Waals surface area contributed by atoms with Crippen LogP contribution in [-0.2, 0) is 16.3 Å². The highest BCUT2D eigenvalue weighted by Crippen LogP contribution is 2.37. The molecule has 5 heteroatoms. The van der Waals surface area contributed by atoms with E-state index in [-0.39, 0.29) is 11.5 Å². The summed E-state index contributed by atoms with van der Waals surface area (Å²) in [5.74, 6) is 0. The van der Waals surface area contributed by atoms with Crippen LogP contribution in [0.5, 0.6) is 0 Å². The standard InChI is InChI=1S/C15H20F3NO/c1-14(2,3)10-5-11(15(16,17)18)7-12(6-10)19-8-13(9-19)20-4/h5-7,13H,8-9H2,1-4H3. The van der Waals surface area contributed by atoms with Gasteiger partial charge < -0.3 is 9.64 Å². The van der Waals surface area contributed by atoms with Crippen LogP contribution >= 0.6 is 0 Å². The molecular formula is C15H20F3NO. The van der Waals surface area contributed by atoms with Crippen molar-refractivity contribution in [3.05, 3.63) is 29.3 Å². The molecule has 112 valence electrons. The zero-order valence-electron chi connectivity index (χ0n) is 12.2. The first-order valence-corrected chi connectivity index (χ1v) is 6.62. The van der Waals surface area contributed by atoms with Crippen molar-refractivity contribution in [2.45, 2.75) is 38.5 Å². The number of anilines is 1. The second-order valence-electron chi connectivity index (χ2n) is 6.28. The molecule has 0 N–H and O–H groups in total. The lowest BCUT2D eigenvalue weighted by molar-refractivity contribution is -0.137. The Balaban J connectivity index is 2.37. The van der Waals surface area contributed by atoms with Crippen molar-refractivity contribution >= 4 is 5.69 Å². The second kappa shape index (κ2) is 4.95. The van der Waals surface area contributed by atoms with Crippen molar-refractivity contribution in [1.29, 1.82) is 0 Å². The molecule has 1 aliphatic heterocycles. The zero-order chi connectivity index (χ0) is 15.1. The van der Waals surface area contributed by atoms with E-state index in [1.165, 1.54) is 12.1 Å². The van der Waals surface area contributed by atoms with Gasteiger partial charge in [0.05, 0.1) is 11.7 Å². The molecule has 0 amide bonds. The molecule has 1 aliphatic rings. The van der Waals surface area contributed by atoms with Crippen LogP contribution in [0.2, 0.25) is 0 Å². The summed E-state index contributed by atoms with van der Waals surface area (Å²) >= 11 is 0. The summed E-state index contributed by atoms with van der Waals surface area (Å²) in [7, 11) is 1.62. The summed E-state index contributed by atoms with van der Waals surface area (Å²) in [4.78, 5) is 1.92. The van der Waals surface area contributed by atoms with Crippen molar-refractivity contribution in [2.24, 2.45) is 0 Å². The van der Waals surface area contributed by atoms with E-state index in [0.717, 1.165) is 0 Å². The number of ether oxygens (including phenoxy) is 1. The van der Waals surface area contributed by atoms with Gasteiger partial charge >= 0.3 is 6.18 Å². The number of nitrogens with zero attached hydrogens (tertiary/aromatic N) is 1. The van der Waals surface area contributed by atoms with Gasteiger partial charge in [0, 0.05) is 25.9 Å². The van der Waals surface area contributed by atoms with Crippen LogP contribution in [0.3, 0.4) is 0 Å². The lowest BCUT2D eigenvalue weighted by atomic mass is 9.85. The van der Waals surface area contributed by atoms with E-state index < -0.39 is 11.7 Å². The van der Waals surface area contributed by atoms with Crippen LogP contribution in [0.15, 0.2) is 18.2 Å². The molecule has 0 bridgehead atoms. The first-order chi connectivity index (χ1) is 9.11. The zero-order valence-corrected chi connectivity index (χ0v) is 12.2. The van der Waals surface area contributed by atoms with E-state index in [1.54, 1.807) is 7.11 Å². The van der Waals surface area contributed by atoms with Crippen molar-refractivity contribution in [2.75, 3.05) is 25.1 Å². The predicted octanol–water partition coefficient (Wildman–Crippen LogP) is 3.84. The van der Waals surface area contributed by atoms with Gasteiger partial charge in [-0.15, -0.1) is 0 Å². The fraction of sp³-hybridized carbons (Fsp3) is 0.600. The molecule has 1 aromatic rings. The molecule has 20 heavy (non-hydrogen) atoms. The summed E-state index contributed by atoms with van der Waals surface area (Å²) in [6.07, 6.45) is -4.20. The van der Waals surface area contributed by atoms with Crippen LogP contribution in [0, 0.1) is 0 Å². The fourth-order valence-corrected chi connectivity index (χ4v) is 2.19. The molecule has 0 atom stereocenters. The monoisotopic (exact) mass is 287 g/mol. The molecule has 0 aromatic heterocycles. The minimum Gasteiger partial charge on any atom is -0.378 e. The lowest BCUT2D eigenvalue weighted by Crippen LogP contribution is -2.52. The molecule has 0 spiro atoms. The Bertz CT molecular complexity index is 453. The summed E-state index contributed by atoms with van der Waals surface area (Å²) in [6.45, 7) is 7.03. The Morgan fingerprint density at radius 3 is 2.05 bits per heavy atom. The van der Waals surface area contributed by atoms with Gasteiger partial charge in [0.2, 0.25) is 0 Å². The minimum absolute atomic E-state index is 0.114. The molecule has 2 rings (SSSR count). The maximum atomic E-state index is 13.0. The SMILES string of the molecule is COC1CN(c2cc(C(C)(C)C)cc(C(F)(F)F)c2)C1. The normalized spacial score (nSPS) is 17.2. The summed E-state index contributed by atoms with van der Waals surface area (Å²) in [5, 5.41) is 0. The van der Waals surface area contributed by atoms with E-state index >= 15 is 0 Å². The van der Waals surface area contributed by atoms with Gasteiger partial charge in [-0.25, -0.2) is 0 Å². The smallest absolute Gasteiger partial charge is 0.378 e. The van der Waals surface area contributed by atoms with E-state index in [9.17, 15) is 13.2 Å². The Hall–Kier alpha value is -1.23. The highest BCUT2D eigenvalue weighted by atomic mass is 19.4. The quantitative estimate of drug-likeness (QED) is 0.819. The van der Waals surface area contributed by atoms with Gasteiger partial charge in [0.15, 0.2) is 0 Å². The number of methoxy groups -OCH3 is 1. The summed E-state index contributed by atoms with van der Waals surface area (Å²) in [6, 6.07) is 4.32. The van der Waals surface area contributed by atoms with Crippen LogP contribution in [-0.4, -0.2) is 26.3 Å². The Morgan fingerprint density at radius 2 is 1.60 bits per heavy atom. The van der Waals surface area contributed by atoms with E-state index in [2.05, 4.69) is 0 Å². The molecule has 0 aliphatic carbocycles. The van der Waals surface area contributed by atoms with Crippen LogP contribution < -0.4 is 4.90 Å². The molecule has 1 aromatic carbocycles. The second-order valence-corrected chi connectivity index (χ2v) is 6.28. The van der Waals surface area contributed by atoms with Crippen molar-refractivity contribution in [3.8, 4) is 0 Å². The third kappa shape index (κ3) is 3.08. The number of hydrogen-bond donors (Lipinski definition) is 0. The van der Waals surface area contributed by atoms with Gasteiger partial charge in [-0.3, -0.25) is 0 Å². The number of hydrogen-bond acceptors (Lipinski definition) is 2. The number of alkyl halides is 3. The molecule has 0 saturated carbocycles. The first kappa shape index (κ1) is 15.2. The molecule has 1 heterocycles. The molecule has 0 unspecified atom stereocenters. The maximum Gasteiger partial charge on any atom is 0.416 e. The molecular weight excluding hydrogens is 267 g/mol. The molecule has 1 fully saturated rings. The Morgan fingerprint density at radius 1 is 1.05 bits per heavy atom. The molecule has 1 saturated heterocycles. The molecule has 2 nitrogen and oxygen atoms in total.